The van der Waals surface area contributed by atoms with E-state index < -0.39 is 27.9 Å². The van der Waals surface area contributed by atoms with Crippen LogP contribution in [0, 0.1) is 10.8 Å². The third kappa shape index (κ3) is 8.24. The van der Waals surface area contributed by atoms with Gasteiger partial charge in [0.15, 0.2) is 0 Å². The van der Waals surface area contributed by atoms with Crippen molar-refractivity contribution >= 4 is 45.5 Å². The Kier molecular flexibility index (Phi) is 13.5. The molecule has 4 unspecified atom stereocenters. The van der Waals surface area contributed by atoms with Gasteiger partial charge in [-0.1, -0.05) is 0 Å². The summed E-state index contributed by atoms with van der Waals surface area (Å²) in [5.74, 6) is 0.310. The Labute approximate surface area is 369 Å². The van der Waals surface area contributed by atoms with Crippen molar-refractivity contribution in [1.82, 2.24) is 10.5 Å². The predicted molar refractivity (Wildman–Crippen MR) is 256 cm³/mol. The topological polar surface area (TPSA) is 58.2 Å². The third-order valence-electron chi connectivity index (χ3n) is 13.6. The van der Waals surface area contributed by atoms with E-state index in [0.29, 0.717) is 11.8 Å². The summed E-state index contributed by atoms with van der Waals surface area (Å²) in [4.78, 5) is 27.8. The van der Waals surface area contributed by atoms with Gasteiger partial charge in [-0.15, -0.1) is 0 Å². The Balaban J connectivity index is 1.77. The van der Waals surface area contributed by atoms with Crippen LogP contribution in [0.4, 0.5) is 0 Å². The van der Waals surface area contributed by atoms with E-state index in [1.54, 1.807) is 0 Å². The zero-order valence-electron chi connectivity index (χ0n) is 38.0. The maximum atomic E-state index is 13.9. The van der Waals surface area contributed by atoms with Crippen LogP contribution < -0.4 is 10.5 Å². The molecule has 2 aliphatic rings. The fourth-order valence-electron chi connectivity index (χ4n) is 9.88. The Hall–Kier alpha value is -3.17. The van der Waals surface area contributed by atoms with Gasteiger partial charge in [0.2, 0.25) is 0 Å². The van der Waals surface area contributed by atoms with Crippen LogP contribution in [0.1, 0.15) is 161 Å². The predicted octanol–water partition coefficient (Wildman–Crippen LogP) is 14.8. The van der Waals surface area contributed by atoms with Crippen molar-refractivity contribution in [1.29, 1.82) is 0 Å². The molecule has 0 fully saturated rings. The standard InChI is InChI=1S/2C23H27.C6H11BN2O2.2ClH.Zr/c2*1-6-16(2)19-11-7-8-12-20(19)21-13-9-10-17-14-18(15-22(17)21)23(3,4)5;1-3-5(10)8-7-9-6(11)4-2;;;/h2*7-16H,6H2,1-5H3;3-4H2,1-2H3,(H-,8,9,10,11);2*1H;/q;;;;;+1/p-1. The molecule has 8 heteroatoms. The van der Waals surface area contributed by atoms with E-state index in [2.05, 4.69) is 177 Å². The molecule has 4 aromatic rings. The molecular weight excluding hydrogens is 858 g/mol. The molecule has 0 bridgehead atoms. The summed E-state index contributed by atoms with van der Waals surface area (Å²) >= 11 is -6.20. The van der Waals surface area contributed by atoms with Crippen molar-refractivity contribution < 1.29 is 25.8 Å². The summed E-state index contributed by atoms with van der Waals surface area (Å²) in [7, 11) is 18.2. The number of nitrogens with one attached hydrogen (secondary N) is 2. The van der Waals surface area contributed by atoms with Crippen LogP contribution in [0.25, 0.3) is 34.4 Å². The number of rotatable bonds is 13. The van der Waals surface area contributed by atoms with Gasteiger partial charge in [0.25, 0.3) is 0 Å². The Morgan fingerprint density at radius 1 is 0.583 bits per heavy atom. The van der Waals surface area contributed by atoms with Crippen molar-refractivity contribution in [2.45, 2.75) is 128 Å². The first-order valence-corrected chi connectivity index (χ1v) is 32.9. The molecule has 317 valence electrons. The van der Waals surface area contributed by atoms with Crippen molar-refractivity contribution in [3.05, 3.63) is 129 Å². The van der Waals surface area contributed by atoms with Crippen molar-refractivity contribution in [3.8, 4) is 22.3 Å². The first kappa shape index (κ1) is 46.3. The Bertz CT molecular complexity index is 2190. The van der Waals surface area contributed by atoms with Gasteiger partial charge in [-0.25, -0.2) is 0 Å². The monoisotopic (exact) mass is 921 g/mol. The summed E-state index contributed by atoms with van der Waals surface area (Å²) in [6.45, 7) is 26.2. The van der Waals surface area contributed by atoms with E-state index in [1.165, 1.54) is 22.3 Å². The van der Waals surface area contributed by atoms with Gasteiger partial charge in [0.1, 0.15) is 0 Å². The minimum atomic E-state index is -6.20. The van der Waals surface area contributed by atoms with Crippen LogP contribution in [0.15, 0.2) is 96.1 Å². The molecule has 2 N–H and O–H groups in total. The summed E-state index contributed by atoms with van der Waals surface area (Å²) in [6, 6.07) is 30.7. The van der Waals surface area contributed by atoms with Crippen LogP contribution in [0.5, 0.6) is 0 Å². The molecule has 6 rings (SSSR count). The summed E-state index contributed by atoms with van der Waals surface area (Å²) in [5.41, 5.74) is 13.2. The molecule has 0 aromatic heterocycles. The summed E-state index contributed by atoms with van der Waals surface area (Å²) < 4.78 is -1.94. The second kappa shape index (κ2) is 17.5. The second-order valence-corrected chi connectivity index (χ2v) is 40.9. The van der Waals surface area contributed by atoms with Gasteiger partial charge in [-0.3, -0.25) is 0 Å². The Morgan fingerprint density at radius 3 is 1.27 bits per heavy atom. The molecule has 4 aromatic carbocycles. The zero-order valence-corrected chi connectivity index (χ0v) is 42.0. The number of amides is 2. The van der Waals surface area contributed by atoms with Crippen molar-refractivity contribution in [3.63, 3.8) is 0 Å². The summed E-state index contributed by atoms with van der Waals surface area (Å²) in [6.07, 6.45) is 7.19. The zero-order chi connectivity index (χ0) is 44.0. The molecule has 0 radical (unpaired) electrons. The molecule has 2 aliphatic carbocycles. The molecule has 2 amide bonds. The van der Waals surface area contributed by atoms with Crippen molar-refractivity contribution in [2.24, 2.45) is 10.8 Å². The van der Waals surface area contributed by atoms with Gasteiger partial charge in [-0.05, 0) is 0 Å². The summed E-state index contributed by atoms with van der Waals surface area (Å²) in [5, 5.41) is 6.66. The van der Waals surface area contributed by atoms with E-state index in [4.69, 9.17) is 17.0 Å². The number of hydrogen-bond donors (Lipinski definition) is 2. The quantitative estimate of drug-likeness (QED) is 0.131. The van der Waals surface area contributed by atoms with E-state index in [0.717, 1.165) is 57.4 Å². The fourth-order valence-corrected chi connectivity index (χ4v) is 31.0. The number of hydrogen-bond acceptors (Lipinski definition) is 2. The van der Waals surface area contributed by atoms with E-state index in [-0.39, 0.29) is 35.5 Å². The van der Waals surface area contributed by atoms with Crippen molar-refractivity contribution in [2.75, 3.05) is 0 Å². The average molecular weight is 924 g/mol. The first-order chi connectivity index (χ1) is 28.2. The molecule has 0 aliphatic heterocycles. The number of carbonyl (C=O) groups is 2. The van der Waals surface area contributed by atoms with E-state index in [1.807, 2.05) is 13.8 Å². The Morgan fingerprint density at radius 2 is 0.933 bits per heavy atom. The SMILES string of the molecule is CCC(=O)N[B](NC(=O)CC)[Zr]([Cl])([Cl])([CH]1C(C(C)(C)C)=Cc2c(-c3ccccc3C(C)CC)cccc21)[CH]1C(C(C)(C)C)=Cc2c(-c3ccccc3C(C)CC)cccc21. The molecule has 0 spiro atoms. The average Bonchev–Trinajstić information content (AvgIpc) is 3.85. The van der Waals surface area contributed by atoms with Gasteiger partial charge >= 0.3 is 372 Å². The van der Waals surface area contributed by atoms with Gasteiger partial charge < -0.3 is 0 Å². The van der Waals surface area contributed by atoms with Crippen LogP contribution in [0.3, 0.4) is 0 Å². The number of benzene rings is 4. The fraction of sp³-hybridized carbons (Fsp3) is 0.423. The molecule has 0 saturated heterocycles. The van der Waals surface area contributed by atoms with Gasteiger partial charge in [0.05, 0.1) is 0 Å². The van der Waals surface area contributed by atoms with E-state index in [9.17, 15) is 9.59 Å². The number of carbonyl (C=O) groups excluding carboxylic acids is 2. The minimum absolute atomic E-state index is 0.204. The molecule has 4 atom stereocenters. The number of fused-ring (bicyclic) bond motifs is 2. The molecular formula is C52H66BCl2N2O2Zr. The maximum absolute atomic E-state index is 13.9. The molecule has 60 heavy (non-hydrogen) atoms. The van der Waals surface area contributed by atoms with Gasteiger partial charge in [0, 0.05) is 0 Å². The van der Waals surface area contributed by atoms with Crippen LogP contribution in [-0.2, 0) is 25.8 Å². The van der Waals surface area contributed by atoms with Crippen LogP contribution in [-0.4, -0.2) is 16.3 Å². The number of allylic oxidation sites excluding steroid dienone is 2. The molecule has 0 heterocycles. The normalized spacial score (nSPS) is 18.0. The van der Waals surface area contributed by atoms with Crippen LogP contribution in [0.2, 0.25) is 0 Å². The molecule has 4 nitrogen and oxygen atoms in total. The molecule has 0 saturated carbocycles. The van der Waals surface area contributed by atoms with Crippen LogP contribution >= 0.6 is 17.0 Å². The first-order valence-electron chi connectivity index (χ1n) is 22.3. The number of halogens is 2. The third-order valence-corrected chi connectivity index (χ3v) is 33.2. The second-order valence-electron chi connectivity index (χ2n) is 19.5. The van der Waals surface area contributed by atoms with E-state index >= 15 is 0 Å². The van der Waals surface area contributed by atoms with Gasteiger partial charge in [-0.2, -0.15) is 0 Å².